The van der Waals surface area contributed by atoms with Crippen molar-refractivity contribution in [2.24, 2.45) is 5.92 Å². The normalized spacial score (nSPS) is 12.0. The molecule has 1 heterocycles. The number of unbranched alkanes of at least 4 members (excludes halogenated alkanes) is 9. The van der Waals surface area contributed by atoms with E-state index in [0.29, 0.717) is 12.5 Å². The standard InChI is InChI=1S/C29H46N2O2/c1-4-6-7-8-11-15-22-33-29-24-30-28(23-31-29)26-17-19-27(20-18-26)32-21-14-12-9-10-13-16-25(3)5-2/h17-20,23-25H,4-16,21-22H2,1-3H3/t25-/m0/s1. The van der Waals surface area contributed by atoms with Crippen molar-refractivity contribution in [1.82, 2.24) is 9.97 Å². The lowest BCUT2D eigenvalue weighted by molar-refractivity contribution is 0.292. The molecule has 33 heavy (non-hydrogen) atoms. The van der Waals surface area contributed by atoms with Crippen LogP contribution in [0, 0.1) is 5.92 Å². The summed E-state index contributed by atoms with van der Waals surface area (Å²) in [6.07, 6.45) is 20.1. The van der Waals surface area contributed by atoms with Gasteiger partial charge in [0.25, 0.3) is 0 Å². The number of hydrogen-bond donors (Lipinski definition) is 0. The third-order valence-electron chi connectivity index (χ3n) is 6.33. The summed E-state index contributed by atoms with van der Waals surface area (Å²) in [7, 11) is 0. The molecule has 0 aliphatic carbocycles. The maximum atomic E-state index is 5.91. The minimum Gasteiger partial charge on any atom is -0.494 e. The zero-order valence-electron chi connectivity index (χ0n) is 21.4. The molecule has 0 radical (unpaired) electrons. The Hall–Kier alpha value is -2.10. The maximum absolute atomic E-state index is 5.91. The molecule has 0 saturated heterocycles. The fourth-order valence-corrected chi connectivity index (χ4v) is 3.84. The molecule has 4 nitrogen and oxygen atoms in total. The molecule has 0 saturated carbocycles. The van der Waals surface area contributed by atoms with Crippen LogP contribution in [0.1, 0.15) is 104 Å². The summed E-state index contributed by atoms with van der Waals surface area (Å²) in [5.41, 5.74) is 1.89. The molecule has 2 aromatic rings. The minimum atomic E-state index is 0.604. The summed E-state index contributed by atoms with van der Waals surface area (Å²) in [5.74, 6) is 2.40. The van der Waals surface area contributed by atoms with Crippen LogP contribution in [0.25, 0.3) is 11.3 Å². The van der Waals surface area contributed by atoms with Crippen molar-refractivity contribution in [2.45, 2.75) is 104 Å². The molecular formula is C29H46N2O2. The molecule has 4 heteroatoms. The number of ether oxygens (including phenoxy) is 2. The van der Waals surface area contributed by atoms with E-state index in [9.17, 15) is 0 Å². The Labute approximate surface area is 202 Å². The van der Waals surface area contributed by atoms with Crippen molar-refractivity contribution in [2.75, 3.05) is 13.2 Å². The third-order valence-corrected chi connectivity index (χ3v) is 6.33. The summed E-state index contributed by atoms with van der Waals surface area (Å²) >= 11 is 0. The molecule has 0 N–H and O–H groups in total. The van der Waals surface area contributed by atoms with Crippen LogP contribution in [0.2, 0.25) is 0 Å². The fraction of sp³-hybridized carbons (Fsp3) is 0.655. The van der Waals surface area contributed by atoms with Crippen molar-refractivity contribution in [1.29, 1.82) is 0 Å². The van der Waals surface area contributed by atoms with Crippen LogP contribution >= 0.6 is 0 Å². The number of rotatable bonds is 19. The van der Waals surface area contributed by atoms with Crippen molar-refractivity contribution >= 4 is 0 Å². The molecule has 0 spiro atoms. The summed E-state index contributed by atoms with van der Waals surface area (Å²) < 4.78 is 11.6. The summed E-state index contributed by atoms with van der Waals surface area (Å²) in [5, 5.41) is 0. The van der Waals surface area contributed by atoms with Crippen LogP contribution in [0.3, 0.4) is 0 Å². The highest BCUT2D eigenvalue weighted by molar-refractivity contribution is 5.59. The van der Waals surface area contributed by atoms with Crippen molar-refractivity contribution in [3.05, 3.63) is 36.7 Å². The maximum Gasteiger partial charge on any atom is 0.232 e. The van der Waals surface area contributed by atoms with Crippen LogP contribution in [0.5, 0.6) is 11.6 Å². The molecule has 1 aromatic heterocycles. The predicted octanol–water partition coefficient (Wildman–Crippen LogP) is 8.65. The number of nitrogens with zero attached hydrogens (tertiary/aromatic N) is 2. The van der Waals surface area contributed by atoms with Crippen LogP contribution < -0.4 is 9.47 Å². The Bertz CT molecular complexity index is 715. The van der Waals surface area contributed by atoms with E-state index in [2.05, 4.69) is 30.7 Å². The molecular weight excluding hydrogens is 408 g/mol. The summed E-state index contributed by atoms with van der Waals surface area (Å²) in [6, 6.07) is 8.13. The van der Waals surface area contributed by atoms with E-state index in [1.54, 1.807) is 12.4 Å². The topological polar surface area (TPSA) is 44.2 Å². The SMILES string of the molecule is CCCCCCCCOc1cnc(-c2ccc(OCCCCCCC[C@@H](C)CC)cc2)cn1. The second-order valence-corrected chi connectivity index (χ2v) is 9.30. The lowest BCUT2D eigenvalue weighted by Crippen LogP contribution is -2.00. The van der Waals surface area contributed by atoms with Gasteiger partial charge >= 0.3 is 0 Å². The van der Waals surface area contributed by atoms with Crippen molar-refractivity contribution in [3.63, 3.8) is 0 Å². The largest absolute Gasteiger partial charge is 0.494 e. The van der Waals surface area contributed by atoms with Crippen LogP contribution in [-0.2, 0) is 0 Å². The lowest BCUT2D eigenvalue weighted by Gasteiger charge is -2.09. The highest BCUT2D eigenvalue weighted by Crippen LogP contribution is 2.21. The molecule has 0 bridgehead atoms. The van der Waals surface area contributed by atoms with Gasteiger partial charge in [0, 0.05) is 5.56 Å². The van der Waals surface area contributed by atoms with Crippen molar-refractivity contribution in [3.8, 4) is 22.9 Å². The van der Waals surface area contributed by atoms with Gasteiger partial charge in [0.15, 0.2) is 0 Å². The van der Waals surface area contributed by atoms with Gasteiger partial charge < -0.3 is 9.47 Å². The molecule has 184 valence electrons. The van der Waals surface area contributed by atoms with Crippen LogP contribution in [-0.4, -0.2) is 23.2 Å². The molecule has 0 fully saturated rings. The smallest absolute Gasteiger partial charge is 0.232 e. The number of hydrogen-bond acceptors (Lipinski definition) is 4. The predicted molar refractivity (Wildman–Crippen MR) is 139 cm³/mol. The van der Waals surface area contributed by atoms with E-state index in [-0.39, 0.29) is 0 Å². The Morgan fingerprint density at radius 2 is 1.33 bits per heavy atom. The molecule has 0 amide bonds. The van der Waals surface area contributed by atoms with Crippen molar-refractivity contribution < 1.29 is 9.47 Å². The molecule has 0 aliphatic rings. The Kier molecular flexibility index (Phi) is 14.3. The zero-order chi connectivity index (χ0) is 23.6. The Morgan fingerprint density at radius 1 is 0.697 bits per heavy atom. The van der Waals surface area contributed by atoms with Gasteiger partial charge in [-0.1, -0.05) is 91.4 Å². The first kappa shape index (κ1) is 27.1. The van der Waals surface area contributed by atoms with E-state index >= 15 is 0 Å². The van der Waals surface area contributed by atoms with Gasteiger partial charge in [-0.3, -0.25) is 0 Å². The fourth-order valence-electron chi connectivity index (χ4n) is 3.84. The minimum absolute atomic E-state index is 0.604. The highest BCUT2D eigenvalue weighted by Gasteiger charge is 2.03. The molecule has 2 rings (SSSR count). The average molecular weight is 455 g/mol. The first-order valence-corrected chi connectivity index (χ1v) is 13.4. The van der Waals surface area contributed by atoms with Gasteiger partial charge in [-0.2, -0.15) is 0 Å². The van der Waals surface area contributed by atoms with Gasteiger partial charge in [-0.25, -0.2) is 9.97 Å². The lowest BCUT2D eigenvalue weighted by atomic mass is 10.0. The quantitative estimate of drug-likeness (QED) is 0.199. The van der Waals surface area contributed by atoms with E-state index in [1.165, 1.54) is 70.6 Å². The molecule has 0 aliphatic heterocycles. The molecule has 1 aromatic carbocycles. The third kappa shape index (κ3) is 12.1. The van der Waals surface area contributed by atoms with E-state index in [0.717, 1.165) is 42.4 Å². The Balaban J connectivity index is 1.60. The first-order valence-electron chi connectivity index (χ1n) is 13.4. The summed E-state index contributed by atoms with van der Waals surface area (Å²) in [6.45, 7) is 8.38. The van der Waals surface area contributed by atoms with Crippen LogP contribution in [0.15, 0.2) is 36.7 Å². The zero-order valence-corrected chi connectivity index (χ0v) is 21.4. The second-order valence-electron chi connectivity index (χ2n) is 9.30. The average Bonchev–Trinajstić information content (AvgIpc) is 2.85. The molecule has 0 unspecified atom stereocenters. The number of aromatic nitrogens is 2. The van der Waals surface area contributed by atoms with Gasteiger partial charge in [0.05, 0.1) is 31.3 Å². The van der Waals surface area contributed by atoms with Gasteiger partial charge in [-0.05, 0) is 43.0 Å². The van der Waals surface area contributed by atoms with E-state index in [4.69, 9.17) is 9.47 Å². The monoisotopic (exact) mass is 454 g/mol. The molecule has 1 atom stereocenters. The van der Waals surface area contributed by atoms with Crippen LogP contribution in [0.4, 0.5) is 0 Å². The number of benzene rings is 1. The van der Waals surface area contributed by atoms with Gasteiger partial charge in [0.1, 0.15) is 5.75 Å². The first-order chi connectivity index (χ1) is 16.2. The highest BCUT2D eigenvalue weighted by atomic mass is 16.5. The van der Waals surface area contributed by atoms with Gasteiger partial charge in [0.2, 0.25) is 5.88 Å². The Morgan fingerprint density at radius 3 is 1.97 bits per heavy atom. The van der Waals surface area contributed by atoms with Gasteiger partial charge in [-0.15, -0.1) is 0 Å². The summed E-state index contributed by atoms with van der Waals surface area (Å²) in [4.78, 5) is 8.93. The van der Waals surface area contributed by atoms with E-state index < -0.39 is 0 Å². The van der Waals surface area contributed by atoms with E-state index in [1.807, 2.05) is 24.3 Å². The second kappa shape index (κ2) is 17.4.